The van der Waals surface area contributed by atoms with Crippen LogP contribution in [0.25, 0.3) is 0 Å². The largest absolute Gasteiger partial charge is 0.326 e. The highest BCUT2D eigenvalue weighted by Crippen LogP contribution is 2.30. The highest BCUT2D eigenvalue weighted by Gasteiger charge is 2.29. The fourth-order valence-corrected chi connectivity index (χ4v) is 3.41. The molecule has 1 aromatic carbocycles. The Morgan fingerprint density at radius 1 is 1.13 bits per heavy atom. The Hall–Kier alpha value is -2.14. The molecule has 2 N–H and O–H groups in total. The Bertz CT molecular complexity index is 730. The van der Waals surface area contributed by atoms with E-state index >= 15 is 0 Å². The van der Waals surface area contributed by atoms with Crippen molar-refractivity contribution in [2.75, 3.05) is 10.6 Å². The molecule has 1 aliphatic carbocycles. The minimum Gasteiger partial charge on any atom is -0.326 e. The van der Waals surface area contributed by atoms with Crippen molar-refractivity contribution in [3.05, 3.63) is 45.6 Å². The van der Waals surface area contributed by atoms with Gasteiger partial charge in [0, 0.05) is 22.2 Å². The molecule has 1 aliphatic rings. The van der Waals surface area contributed by atoms with E-state index in [0.717, 1.165) is 35.5 Å². The number of anilines is 2. The maximum absolute atomic E-state index is 12.3. The third-order valence-electron chi connectivity index (χ3n) is 3.92. The SMILES string of the molecule is CCc1sc(C(=O)Nc2ccc(NC(=O)C3CC3)cc2)cc1C. The molecule has 4 nitrogen and oxygen atoms in total. The Kier molecular flexibility index (Phi) is 4.48. The number of thiophene rings is 1. The van der Waals surface area contributed by atoms with Gasteiger partial charge in [-0.15, -0.1) is 11.3 Å². The van der Waals surface area contributed by atoms with E-state index in [4.69, 9.17) is 0 Å². The molecule has 2 aromatic rings. The first-order valence-corrected chi connectivity index (χ1v) is 8.70. The van der Waals surface area contributed by atoms with Crippen LogP contribution in [0, 0.1) is 12.8 Å². The third-order valence-corrected chi connectivity index (χ3v) is 5.30. The molecule has 1 saturated carbocycles. The third kappa shape index (κ3) is 3.79. The monoisotopic (exact) mass is 328 g/mol. The van der Waals surface area contributed by atoms with Gasteiger partial charge in [-0.1, -0.05) is 6.92 Å². The molecule has 1 heterocycles. The van der Waals surface area contributed by atoms with Gasteiger partial charge in [-0.2, -0.15) is 0 Å². The number of nitrogens with one attached hydrogen (secondary N) is 2. The normalized spacial score (nSPS) is 13.7. The smallest absolute Gasteiger partial charge is 0.265 e. The lowest BCUT2D eigenvalue weighted by molar-refractivity contribution is -0.117. The number of hydrogen-bond donors (Lipinski definition) is 2. The summed E-state index contributed by atoms with van der Waals surface area (Å²) in [6.07, 6.45) is 2.92. The van der Waals surface area contributed by atoms with Gasteiger partial charge >= 0.3 is 0 Å². The van der Waals surface area contributed by atoms with E-state index in [9.17, 15) is 9.59 Å². The molecule has 0 unspecified atom stereocenters. The lowest BCUT2D eigenvalue weighted by Crippen LogP contribution is -2.13. The molecule has 0 saturated heterocycles. The fourth-order valence-electron chi connectivity index (χ4n) is 2.40. The van der Waals surface area contributed by atoms with E-state index in [-0.39, 0.29) is 17.7 Å². The molecule has 0 bridgehead atoms. The standard InChI is InChI=1S/C18H20N2O2S/c1-3-15-11(2)10-16(23-15)18(22)20-14-8-6-13(7-9-14)19-17(21)12-4-5-12/h6-10,12H,3-5H2,1-2H3,(H,19,21)(H,20,22). The molecule has 0 radical (unpaired) electrons. The predicted octanol–water partition coefficient (Wildman–Crippen LogP) is 4.22. The number of benzene rings is 1. The van der Waals surface area contributed by atoms with Crippen molar-refractivity contribution in [3.8, 4) is 0 Å². The molecule has 0 spiro atoms. The topological polar surface area (TPSA) is 58.2 Å². The van der Waals surface area contributed by atoms with Gasteiger partial charge < -0.3 is 10.6 Å². The van der Waals surface area contributed by atoms with Crippen LogP contribution in [0.4, 0.5) is 11.4 Å². The van der Waals surface area contributed by atoms with Gasteiger partial charge in [-0.3, -0.25) is 9.59 Å². The van der Waals surface area contributed by atoms with Gasteiger partial charge in [0.25, 0.3) is 5.91 Å². The zero-order chi connectivity index (χ0) is 16.4. The van der Waals surface area contributed by atoms with Gasteiger partial charge in [0.2, 0.25) is 5.91 Å². The van der Waals surface area contributed by atoms with E-state index in [1.54, 1.807) is 0 Å². The van der Waals surface area contributed by atoms with Crippen molar-refractivity contribution >= 4 is 34.5 Å². The summed E-state index contributed by atoms with van der Waals surface area (Å²) in [7, 11) is 0. The van der Waals surface area contributed by atoms with Gasteiger partial charge in [0.05, 0.1) is 4.88 Å². The Morgan fingerprint density at radius 2 is 1.74 bits per heavy atom. The maximum Gasteiger partial charge on any atom is 0.265 e. The predicted molar refractivity (Wildman–Crippen MR) is 94.2 cm³/mol. The van der Waals surface area contributed by atoms with Gasteiger partial charge in [-0.25, -0.2) is 0 Å². The molecular formula is C18H20N2O2S. The summed E-state index contributed by atoms with van der Waals surface area (Å²) in [6, 6.07) is 9.17. The summed E-state index contributed by atoms with van der Waals surface area (Å²) in [4.78, 5) is 26.0. The van der Waals surface area contributed by atoms with E-state index < -0.39 is 0 Å². The van der Waals surface area contributed by atoms with Crippen LogP contribution in [0.15, 0.2) is 30.3 Å². The number of aryl methyl sites for hydroxylation is 2. The van der Waals surface area contributed by atoms with Gasteiger partial charge in [0.15, 0.2) is 0 Å². The van der Waals surface area contributed by atoms with Gasteiger partial charge in [-0.05, 0) is 62.1 Å². The molecule has 23 heavy (non-hydrogen) atoms. The van der Waals surface area contributed by atoms with E-state index in [2.05, 4.69) is 17.6 Å². The fraction of sp³-hybridized carbons (Fsp3) is 0.333. The number of carbonyl (C=O) groups excluding carboxylic acids is 2. The van der Waals surface area contributed by atoms with E-state index in [1.807, 2.05) is 37.3 Å². The van der Waals surface area contributed by atoms with Crippen LogP contribution in [0.2, 0.25) is 0 Å². The van der Waals surface area contributed by atoms with Crippen molar-refractivity contribution < 1.29 is 9.59 Å². The van der Waals surface area contributed by atoms with Crippen LogP contribution < -0.4 is 10.6 Å². The maximum atomic E-state index is 12.3. The quantitative estimate of drug-likeness (QED) is 0.863. The first-order valence-electron chi connectivity index (χ1n) is 7.88. The van der Waals surface area contributed by atoms with Crippen LogP contribution >= 0.6 is 11.3 Å². The minimum absolute atomic E-state index is 0.0861. The van der Waals surface area contributed by atoms with Crippen LogP contribution in [-0.2, 0) is 11.2 Å². The summed E-state index contributed by atoms with van der Waals surface area (Å²) < 4.78 is 0. The zero-order valence-corrected chi connectivity index (χ0v) is 14.1. The average molecular weight is 328 g/mol. The molecule has 0 aliphatic heterocycles. The van der Waals surface area contributed by atoms with Crippen molar-refractivity contribution in [1.29, 1.82) is 0 Å². The molecule has 120 valence electrons. The Balaban J connectivity index is 1.62. The molecular weight excluding hydrogens is 308 g/mol. The van der Waals surface area contributed by atoms with Crippen molar-refractivity contribution in [1.82, 2.24) is 0 Å². The van der Waals surface area contributed by atoms with Crippen LogP contribution in [0.1, 0.15) is 39.9 Å². The lowest BCUT2D eigenvalue weighted by Gasteiger charge is -2.07. The summed E-state index contributed by atoms with van der Waals surface area (Å²) in [5.41, 5.74) is 2.66. The zero-order valence-electron chi connectivity index (χ0n) is 13.3. The first kappa shape index (κ1) is 15.7. The second-order valence-electron chi connectivity index (χ2n) is 5.87. The van der Waals surface area contributed by atoms with Crippen molar-refractivity contribution in [3.63, 3.8) is 0 Å². The molecule has 3 rings (SSSR count). The number of amides is 2. The lowest BCUT2D eigenvalue weighted by atomic mass is 10.2. The number of rotatable bonds is 5. The second-order valence-corrected chi connectivity index (χ2v) is 7.00. The van der Waals surface area contributed by atoms with Gasteiger partial charge in [0.1, 0.15) is 0 Å². The molecule has 5 heteroatoms. The molecule has 2 amide bonds. The summed E-state index contributed by atoms with van der Waals surface area (Å²) >= 11 is 1.54. The first-order chi connectivity index (χ1) is 11.1. The van der Waals surface area contributed by atoms with Crippen molar-refractivity contribution in [2.45, 2.75) is 33.1 Å². The highest BCUT2D eigenvalue weighted by molar-refractivity contribution is 7.14. The summed E-state index contributed by atoms with van der Waals surface area (Å²) in [5.74, 6) is 0.180. The van der Waals surface area contributed by atoms with Crippen LogP contribution in [0.3, 0.4) is 0 Å². The van der Waals surface area contributed by atoms with Crippen LogP contribution in [-0.4, -0.2) is 11.8 Å². The average Bonchev–Trinajstić information content (AvgIpc) is 3.32. The second kappa shape index (κ2) is 6.54. The van der Waals surface area contributed by atoms with Crippen molar-refractivity contribution in [2.24, 2.45) is 5.92 Å². The van der Waals surface area contributed by atoms with E-state index in [0.29, 0.717) is 0 Å². The summed E-state index contributed by atoms with van der Waals surface area (Å²) in [5, 5.41) is 5.78. The minimum atomic E-state index is -0.0902. The Morgan fingerprint density at radius 3 is 2.26 bits per heavy atom. The molecule has 1 fully saturated rings. The molecule has 1 aromatic heterocycles. The van der Waals surface area contributed by atoms with E-state index in [1.165, 1.54) is 21.8 Å². The number of carbonyl (C=O) groups is 2. The highest BCUT2D eigenvalue weighted by atomic mass is 32.1. The van der Waals surface area contributed by atoms with Crippen LogP contribution in [0.5, 0.6) is 0 Å². The number of hydrogen-bond acceptors (Lipinski definition) is 3. The summed E-state index contributed by atoms with van der Waals surface area (Å²) in [6.45, 7) is 4.12. The molecule has 0 atom stereocenters. The Labute approximate surface area is 139 Å².